The van der Waals surface area contributed by atoms with E-state index >= 15 is 0 Å². The number of aromatic nitrogens is 3. The van der Waals surface area contributed by atoms with Crippen LogP contribution in [-0.4, -0.2) is 20.7 Å². The van der Waals surface area contributed by atoms with Crippen molar-refractivity contribution in [1.29, 1.82) is 0 Å². The Morgan fingerprint density at radius 1 is 0.886 bits per heavy atom. The van der Waals surface area contributed by atoms with Crippen molar-refractivity contribution in [3.63, 3.8) is 0 Å². The predicted octanol–water partition coefficient (Wildman–Crippen LogP) is 6.15. The Balaban J connectivity index is 1.12. The van der Waals surface area contributed by atoms with E-state index in [1.54, 1.807) is 0 Å². The average Bonchev–Trinajstić information content (AvgIpc) is 3.12. The molecule has 0 saturated heterocycles. The Bertz CT molecular complexity index is 1230. The number of anilines is 1. The van der Waals surface area contributed by atoms with Crippen molar-refractivity contribution in [3.8, 4) is 11.4 Å². The van der Waals surface area contributed by atoms with E-state index in [0.717, 1.165) is 55.1 Å². The number of nitrogens with one attached hydrogen (secondary N) is 1. The molecule has 4 saturated carbocycles. The third kappa shape index (κ3) is 3.54. The highest BCUT2D eigenvalue weighted by Crippen LogP contribution is 2.66. The van der Waals surface area contributed by atoms with Gasteiger partial charge in [0, 0.05) is 24.2 Å². The fraction of sp³-hybridized carbons (Fsp3) is 0.500. The lowest BCUT2D eigenvalue weighted by atomic mass is 9.42. The molecule has 1 N–H and O–H groups in total. The highest BCUT2D eigenvalue weighted by Gasteiger charge is 2.60. The third-order valence-corrected chi connectivity index (χ3v) is 9.44. The second-order valence-electron chi connectivity index (χ2n) is 11.8. The van der Waals surface area contributed by atoms with Crippen LogP contribution in [0, 0.1) is 17.3 Å². The number of carbonyl (C=O) groups excluding carboxylic acids is 1. The van der Waals surface area contributed by atoms with Crippen LogP contribution in [0.5, 0.6) is 0 Å². The van der Waals surface area contributed by atoms with E-state index < -0.39 is 0 Å². The van der Waals surface area contributed by atoms with E-state index in [0.29, 0.717) is 11.8 Å². The molecule has 8 rings (SSSR count). The number of aryl methyl sites for hydroxylation is 1. The first-order valence-electron chi connectivity index (χ1n) is 13.5. The zero-order valence-electron chi connectivity index (χ0n) is 20.4. The van der Waals surface area contributed by atoms with Crippen LogP contribution in [0.4, 0.5) is 5.69 Å². The summed E-state index contributed by atoms with van der Waals surface area (Å²) < 4.78 is 2.28. The SMILES string of the molecule is O=C(Nc1ccc(-c2nnc3n2CCCCC3)cc1)C12C[C@H]3C[C@H](C1)CC(c1ccccc1)(C3)C2. The van der Waals surface area contributed by atoms with Gasteiger partial charge in [0.2, 0.25) is 5.91 Å². The molecule has 2 atom stereocenters. The van der Waals surface area contributed by atoms with Gasteiger partial charge in [-0.15, -0.1) is 10.2 Å². The fourth-order valence-corrected chi connectivity index (χ4v) is 8.32. The van der Waals surface area contributed by atoms with E-state index in [-0.39, 0.29) is 16.7 Å². The highest BCUT2D eigenvalue weighted by molar-refractivity contribution is 5.96. The number of hydrogen-bond acceptors (Lipinski definition) is 3. The fourth-order valence-electron chi connectivity index (χ4n) is 8.32. The van der Waals surface area contributed by atoms with Crippen LogP contribution in [-0.2, 0) is 23.2 Å². The second kappa shape index (κ2) is 8.04. The Hall–Kier alpha value is -2.95. The van der Waals surface area contributed by atoms with Crippen molar-refractivity contribution in [3.05, 3.63) is 66.0 Å². The van der Waals surface area contributed by atoms with Crippen molar-refractivity contribution in [2.24, 2.45) is 17.3 Å². The van der Waals surface area contributed by atoms with Crippen LogP contribution in [0.15, 0.2) is 54.6 Å². The van der Waals surface area contributed by atoms with Crippen LogP contribution < -0.4 is 5.32 Å². The summed E-state index contributed by atoms with van der Waals surface area (Å²) in [5.41, 5.74) is 3.35. The van der Waals surface area contributed by atoms with Crippen molar-refractivity contribution in [1.82, 2.24) is 14.8 Å². The molecule has 5 heteroatoms. The minimum Gasteiger partial charge on any atom is -0.326 e. The zero-order chi connectivity index (χ0) is 23.5. The third-order valence-electron chi connectivity index (χ3n) is 9.44. The predicted molar refractivity (Wildman–Crippen MR) is 137 cm³/mol. The van der Waals surface area contributed by atoms with Crippen molar-refractivity contribution < 1.29 is 4.79 Å². The molecule has 5 nitrogen and oxygen atoms in total. The molecule has 5 aliphatic rings. The summed E-state index contributed by atoms with van der Waals surface area (Å²) in [6.07, 6.45) is 11.5. The number of hydrogen-bond donors (Lipinski definition) is 1. The van der Waals surface area contributed by atoms with Crippen molar-refractivity contribution >= 4 is 11.6 Å². The molecule has 2 heterocycles. The van der Waals surface area contributed by atoms with E-state index in [2.05, 4.69) is 62.5 Å². The van der Waals surface area contributed by atoms with Crippen molar-refractivity contribution in [2.45, 2.75) is 76.2 Å². The first-order chi connectivity index (χ1) is 17.1. The number of benzene rings is 2. The maximum absolute atomic E-state index is 13.8. The van der Waals surface area contributed by atoms with Crippen LogP contribution in [0.1, 0.15) is 69.2 Å². The van der Waals surface area contributed by atoms with Crippen LogP contribution >= 0.6 is 0 Å². The topological polar surface area (TPSA) is 59.8 Å². The summed E-state index contributed by atoms with van der Waals surface area (Å²) >= 11 is 0. The first-order valence-corrected chi connectivity index (χ1v) is 13.5. The second-order valence-corrected chi connectivity index (χ2v) is 11.8. The van der Waals surface area contributed by atoms with Gasteiger partial charge in [-0.1, -0.05) is 36.8 Å². The molecule has 0 spiro atoms. The van der Waals surface area contributed by atoms with E-state index in [4.69, 9.17) is 0 Å². The molecular weight excluding hydrogens is 432 g/mol. The molecule has 1 amide bonds. The minimum atomic E-state index is -0.233. The zero-order valence-corrected chi connectivity index (χ0v) is 20.4. The summed E-state index contributed by atoms with van der Waals surface area (Å²) in [7, 11) is 0. The summed E-state index contributed by atoms with van der Waals surface area (Å²) in [5.74, 6) is 3.63. The molecule has 2 aromatic carbocycles. The van der Waals surface area contributed by atoms with Gasteiger partial charge >= 0.3 is 0 Å². The van der Waals surface area contributed by atoms with Crippen LogP contribution in [0.2, 0.25) is 0 Å². The lowest BCUT2D eigenvalue weighted by molar-refractivity contribution is -0.143. The normalized spacial score (nSPS) is 31.1. The Kier molecular flexibility index (Phi) is 4.90. The molecule has 4 fully saturated rings. The van der Waals surface area contributed by atoms with Gasteiger partial charge in [0.15, 0.2) is 5.82 Å². The highest BCUT2D eigenvalue weighted by atomic mass is 16.2. The molecule has 1 aliphatic heterocycles. The summed E-state index contributed by atoms with van der Waals surface area (Å²) in [4.78, 5) is 13.8. The largest absolute Gasteiger partial charge is 0.326 e. The Morgan fingerprint density at radius 2 is 1.66 bits per heavy atom. The maximum atomic E-state index is 13.8. The quantitative estimate of drug-likeness (QED) is 0.502. The van der Waals surface area contributed by atoms with Crippen LogP contribution in [0.3, 0.4) is 0 Å². The molecule has 4 aliphatic carbocycles. The monoisotopic (exact) mass is 466 g/mol. The molecule has 4 bridgehead atoms. The molecular formula is C30H34N4O. The van der Waals surface area contributed by atoms with Crippen molar-refractivity contribution in [2.75, 3.05) is 5.32 Å². The number of fused-ring (bicyclic) bond motifs is 1. The minimum absolute atomic E-state index is 0.179. The molecule has 0 unspecified atom stereocenters. The van der Waals surface area contributed by atoms with Gasteiger partial charge in [0.25, 0.3) is 0 Å². The molecule has 3 aromatic rings. The molecule has 0 radical (unpaired) electrons. The Labute approximate surface area is 207 Å². The Morgan fingerprint density at radius 3 is 2.43 bits per heavy atom. The molecule has 35 heavy (non-hydrogen) atoms. The van der Waals surface area contributed by atoms with Gasteiger partial charge in [-0.3, -0.25) is 4.79 Å². The standard InChI is InChI=1S/C30H34N4O/c35-28(30-18-21-15-22(19-30)17-29(16-21,20-30)24-7-3-1-4-8-24)31-25-12-10-23(11-13-25)27-33-32-26-9-5-2-6-14-34(26)27/h1,3-4,7-8,10-13,21-22H,2,5-6,9,14-20H2,(H,31,35)/t21-,22-,29?,30?/m0/s1. The van der Waals surface area contributed by atoms with E-state index in [1.165, 1.54) is 44.1 Å². The number of amides is 1. The summed E-state index contributed by atoms with van der Waals surface area (Å²) in [5, 5.41) is 12.3. The lowest BCUT2D eigenvalue weighted by Gasteiger charge is -2.61. The van der Waals surface area contributed by atoms with E-state index in [9.17, 15) is 4.79 Å². The van der Waals surface area contributed by atoms with Gasteiger partial charge in [-0.2, -0.15) is 0 Å². The van der Waals surface area contributed by atoms with Gasteiger partial charge in [0.05, 0.1) is 5.41 Å². The average molecular weight is 467 g/mol. The molecule has 1 aromatic heterocycles. The summed E-state index contributed by atoms with van der Waals surface area (Å²) in [6, 6.07) is 19.3. The first kappa shape index (κ1) is 21.3. The lowest BCUT2D eigenvalue weighted by Crippen LogP contribution is -2.57. The van der Waals surface area contributed by atoms with Gasteiger partial charge in [0.1, 0.15) is 5.82 Å². The van der Waals surface area contributed by atoms with Gasteiger partial charge in [-0.25, -0.2) is 0 Å². The molecule has 180 valence electrons. The smallest absolute Gasteiger partial charge is 0.230 e. The van der Waals surface area contributed by atoms with Gasteiger partial charge in [-0.05, 0) is 98.4 Å². The van der Waals surface area contributed by atoms with E-state index in [1.807, 2.05) is 12.1 Å². The van der Waals surface area contributed by atoms with Gasteiger partial charge < -0.3 is 9.88 Å². The maximum Gasteiger partial charge on any atom is 0.230 e. The number of rotatable bonds is 4. The summed E-state index contributed by atoms with van der Waals surface area (Å²) in [6.45, 7) is 0.990. The van der Waals surface area contributed by atoms with Crippen LogP contribution in [0.25, 0.3) is 11.4 Å². The number of carbonyl (C=O) groups is 1. The number of nitrogens with zero attached hydrogens (tertiary/aromatic N) is 3.